The molecule has 0 rings (SSSR count). The molecule has 0 unspecified atom stereocenters. The van der Waals surface area contributed by atoms with Crippen LogP contribution in [0.3, 0.4) is 0 Å². The number of aliphatic hydroxyl groups is 1. The van der Waals surface area contributed by atoms with E-state index in [4.69, 9.17) is 10.8 Å². The second kappa shape index (κ2) is 11800. The molecule has 0 aliphatic carbocycles. The van der Waals surface area contributed by atoms with Crippen LogP contribution in [0.25, 0.3) is 0 Å². The minimum absolute atomic E-state index is 0. The second-order valence-electron chi connectivity index (χ2n) is 0.592. The summed E-state index contributed by atoms with van der Waals surface area (Å²) in [5.41, 5.74) is 4.72. The van der Waals surface area contributed by atoms with E-state index < -0.39 is 0 Å². The first-order valence-corrected chi connectivity index (χ1v) is 1.75. The van der Waals surface area contributed by atoms with Crippen molar-refractivity contribution in [1.82, 2.24) is 0 Å². The maximum atomic E-state index is 7.44. The van der Waals surface area contributed by atoms with E-state index in [0.717, 1.165) is 6.61 Å². The zero-order valence-electron chi connectivity index (χ0n) is 5.59. The van der Waals surface area contributed by atoms with Gasteiger partial charge in [0.05, 0.1) is 0 Å². The number of aliphatic hydroxyl groups excluding tert-OH is 1. The fourth-order valence-electron chi connectivity index (χ4n) is 0. The Morgan fingerprint density at radius 1 is 1.25 bits per heavy atom. The smallest absolute Gasteiger partial charge is 0 e. The minimum atomic E-state index is 0. The van der Waals surface area contributed by atoms with Crippen molar-refractivity contribution in [2.45, 2.75) is 13.8 Å². The fraction of sp³-hybridized carbons (Fsp3) is 0.500. The molecule has 0 radical (unpaired) electrons. The van der Waals surface area contributed by atoms with Gasteiger partial charge >= 0.3 is 0 Å². The monoisotopic (exact) mass is 631 g/mol. The van der Waals surface area contributed by atoms with E-state index in [-0.39, 0.29) is 0 Å². The summed E-state index contributed by atoms with van der Waals surface area (Å²) in [6.07, 6.45) is 0. The van der Waals surface area contributed by atoms with Crippen LogP contribution < -0.4 is 5.73 Å². The molecule has 4 heteroatoms. The average molecular weight is 627 g/mol. The van der Waals surface area contributed by atoms with Gasteiger partial charge in [-0.1, -0.05) is 0 Å². The first kappa shape index (κ1) is 38.9. The van der Waals surface area contributed by atoms with Gasteiger partial charge in [0, 0.05) is 0 Å². The molecule has 0 saturated carbocycles. The van der Waals surface area contributed by atoms with Crippen molar-refractivity contribution in [3.63, 3.8) is 0 Å². The molecule has 0 aliphatic heterocycles. The molecule has 0 aromatic rings. The van der Waals surface area contributed by atoms with Crippen LogP contribution in [0.2, 0.25) is 0 Å². The zero-order valence-corrected chi connectivity index (χ0v) is 18.5. The first-order valence-electron chi connectivity index (χ1n) is 1.75. The molecule has 3 N–H and O–H groups in total. The van der Waals surface area contributed by atoms with Gasteiger partial charge < -0.3 is 10.8 Å². The molecule has 0 aromatic heterocycles. The Balaban J connectivity index is -0.0000000160. The predicted molar refractivity (Wildman–Crippen MR) is 26.1 cm³/mol. The van der Waals surface area contributed by atoms with Gasteiger partial charge in [0.25, 0.3) is 0 Å². The van der Waals surface area contributed by atoms with Crippen molar-refractivity contribution in [3.05, 3.63) is 13.2 Å². The van der Waals surface area contributed by atoms with E-state index in [0.29, 0.717) is 0 Å². The van der Waals surface area contributed by atoms with E-state index in [1.807, 2.05) is 0 Å². The van der Waals surface area contributed by atoms with E-state index in [2.05, 4.69) is 0 Å². The molecule has 0 fully saturated rings. The third-order valence-corrected chi connectivity index (χ3v) is 0. The van der Waals surface area contributed by atoms with Crippen LogP contribution in [0.4, 0.5) is 0 Å². The van der Waals surface area contributed by atoms with E-state index in [1.54, 1.807) is 13.8 Å². The van der Waals surface area contributed by atoms with Gasteiger partial charge in [0.15, 0.2) is 0 Å². The molecule has 0 aromatic carbocycles. The Morgan fingerprint density at radius 2 is 1.25 bits per heavy atom. The summed E-state index contributed by atoms with van der Waals surface area (Å²) in [4.78, 5) is 0. The predicted octanol–water partition coefficient (Wildman–Crippen LogP) is 0.667. The van der Waals surface area contributed by atoms with E-state index >= 15 is 0 Å². The maximum absolute atomic E-state index is 7.44. The third kappa shape index (κ3) is 7.73. The number of nitrogens with two attached hydrogens (primary N) is 1. The van der Waals surface area contributed by atoms with Crippen LogP contribution in [0.5, 0.6) is 0 Å². The van der Waals surface area contributed by atoms with E-state index in [9.17, 15) is 0 Å². The van der Waals surface area contributed by atoms with Gasteiger partial charge in [0.2, 0.25) is 0 Å². The maximum Gasteiger partial charge on any atom is 0 e. The summed E-state index contributed by atoms with van der Waals surface area (Å²) in [5, 5.41) is 7.44. The van der Waals surface area contributed by atoms with Crippen LogP contribution in [0.15, 0.2) is 0 Å². The molecule has 0 aliphatic rings. The summed E-state index contributed by atoms with van der Waals surface area (Å²) in [5.74, 6) is 0. The summed E-state index contributed by atoms with van der Waals surface area (Å²) in [6.45, 7) is 5.83. The van der Waals surface area contributed by atoms with Crippen LogP contribution in [0.1, 0.15) is 13.8 Å². The molecule has 0 amide bonds. The van der Waals surface area contributed by atoms with E-state index in [1.165, 1.54) is 6.54 Å². The molecule has 0 heterocycles. The first-order chi connectivity index (χ1) is 2.83. The molecule has 0 atom stereocenters. The van der Waals surface area contributed by atoms with Gasteiger partial charge in [-0.05, 0) is 0 Å². The van der Waals surface area contributed by atoms with Gasteiger partial charge in [-0.3, -0.25) is 6.54 Å². The molecular formula is C4H11NOSg2-2. The summed E-state index contributed by atoms with van der Waals surface area (Å²) in [7, 11) is 0. The molecule has 0 spiro atoms. The van der Waals surface area contributed by atoms with Crippen LogP contribution >= 0.6 is 0 Å². The Hall–Kier alpha value is -2.08. The SMILES string of the molecule is C[CH-]N.C[CH-]O.[Sg].[Sg]. The second-order valence-corrected chi connectivity index (χ2v) is 0.592. The quantitative estimate of drug-likeness (QED) is 0.389. The van der Waals surface area contributed by atoms with Crippen LogP contribution in [0, 0.1) is 13.2 Å². The van der Waals surface area contributed by atoms with Crippen molar-refractivity contribution in [2.24, 2.45) is 5.73 Å². The van der Waals surface area contributed by atoms with Gasteiger partial charge in [0.1, 0.15) is 0 Å². The minimum Gasteiger partial charge on any atom is -0.566 e. The summed E-state index contributed by atoms with van der Waals surface area (Å²) in [6, 6.07) is 0. The Morgan fingerprint density at radius 3 is 1.25 bits per heavy atom. The van der Waals surface area contributed by atoms with Gasteiger partial charge in [-0.15, -0.1) is 0 Å². The summed E-state index contributed by atoms with van der Waals surface area (Å²) < 4.78 is 0. The Kier molecular flexibility index (Phi) is 57400. The standard InChI is InChI=1S/C2H6N.C2H5O.2Sg/c2*1-2-3;;/h2H,3H2,1H3;2-3H,1H3;;/q2*-1;;. The molecule has 0 saturated heterocycles. The number of rotatable bonds is 0. The van der Waals surface area contributed by atoms with Crippen molar-refractivity contribution in [2.75, 3.05) is 0 Å². The molecular weight excluding hydrogens is 616 g/mol. The Labute approximate surface area is 39.0 Å². The number of hydrogen-bond acceptors (Lipinski definition) is 2. The molecule has 8 heavy (non-hydrogen) atoms. The summed E-state index contributed by atoms with van der Waals surface area (Å²) >= 11 is 0. The largest absolute Gasteiger partial charge is 0.566 e. The van der Waals surface area contributed by atoms with Crippen molar-refractivity contribution >= 4 is 0 Å². The van der Waals surface area contributed by atoms with Gasteiger partial charge in [-0.25, -0.2) is 6.61 Å². The number of hydrogen-bond donors (Lipinski definition) is 2. The van der Waals surface area contributed by atoms with Crippen LogP contribution in [-0.4, -0.2) is 5.11 Å². The Bertz CT molecular complexity index is 16.0. The molecule has 44 valence electrons. The molecule has 2 nitrogen and oxygen atoms in total. The normalized spacial score (nSPS) is 4.50. The topological polar surface area (TPSA) is 46.2 Å². The third-order valence-electron chi connectivity index (χ3n) is 0. The van der Waals surface area contributed by atoms with Crippen molar-refractivity contribution in [3.8, 4) is 0 Å². The van der Waals surface area contributed by atoms with Crippen molar-refractivity contribution in [1.29, 1.82) is 0 Å². The van der Waals surface area contributed by atoms with Crippen LogP contribution in [-0.2, 0) is 0 Å². The average Bonchev–Trinajstić information content (AvgIpc) is 1.39. The van der Waals surface area contributed by atoms with Crippen molar-refractivity contribution < 1.29 is 5.11 Å². The zero-order chi connectivity index (χ0) is 5.41. The fourth-order valence-corrected chi connectivity index (χ4v) is 0. The molecule has 0 bridgehead atoms. The van der Waals surface area contributed by atoms with Gasteiger partial charge in [-0.2, -0.15) is 13.8 Å².